The lowest BCUT2D eigenvalue weighted by Crippen LogP contribution is -2.31. The van der Waals surface area contributed by atoms with Crippen LogP contribution in [0, 0.1) is 0 Å². The van der Waals surface area contributed by atoms with Gasteiger partial charge in [0, 0.05) is 12.6 Å². The third-order valence-electron chi connectivity index (χ3n) is 3.52. The van der Waals surface area contributed by atoms with Crippen molar-refractivity contribution in [1.29, 1.82) is 0 Å². The Morgan fingerprint density at radius 1 is 1.00 bits per heavy atom. The zero-order valence-corrected chi connectivity index (χ0v) is 11.8. The highest BCUT2D eigenvalue weighted by Gasteiger charge is 2.26. The number of anilines is 1. The van der Waals surface area contributed by atoms with Crippen molar-refractivity contribution in [1.82, 2.24) is 0 Å². The molecule has 0 aromatic heterocycles. The van der Waals surface area contributed by atoms with E-state index in [0.29, 0.717) is 0 Å². The van der Waals surface area contributed by atoms with Crippen molar-refractivity contribution in [2.75, 3.05) is 11.9 Å². The van der Waals surface area contributed by atoms with E-state index in [9.17, 15) is 4.79 Å². The number of hydrogen-bond donors (Lipinski definition) is 0. The molecule has 0 N–H and O–H groups in total. The highest BCUT2D eigenvalue weighted by Crippen LogP contribution is 2.35. The second kappa shape index (κ2) is 5.14. The number of carbonyl (C=O) groups excluding carboxylic acids is 1. The minimum Gasteiger partial charge on any atom is -0.313 e. The van der Waals surface area contributed by atoms with E-state index in [1.54, 1.807) is 11.9 Å². The van der Waals surface area contributed by atoms with Crippen LogP contribution in [0.5, 0.6) is 0 Å². The van der Waals surface area contributed by atoms with Gasteiger partial charge < -0.3 is 4.90 Å². The first-order valence-electron chi connectivity index (χ1n) is 6.47. The second-order valence-electron chi connectivity index (χ2n) is 4.76. The monoisotopic (exact) mass is 283 g/mol. The van der Waals surface area contributed by atoms with Gasteiger partial charge in [0.05, 0.1) is 5.69 Å². The SMILES string of the molecule is CN1C(=O)C(Cl)C=C(c2ccccc2)c2ccccc21. The normalized spacial score (nSPS) is 18.3. The average molecular weight is 284 g/mol. The fourth-order valence-electron chi connectivity index (χ4n) is 2.47. The van der Waals surface area contributed by atoms with Crippen LogP contribution in [-0.2, 0) is 4.79 Å². The lowest BCUT2D eigenvalue weighted by atomic mass is 9.96. The van der Waals surface area contributed by atoms with E-state index in [4.69, 9.17) is 11.6 Å². The molecule has 3 rings (SSSR count). The molecule has 2 aromatic carbocycles. The molecule has 0 radical (unpaired) electrons. The van der Waals surface area contributed by atoms with Crippen LogP contribution in [0.25, 0.3) is 5.57 Å². The fourth-order valence-corrected chi connectivity index (χ4v) is 2.75. The first kappa shape index (κ1) is 12.9. The molecule has 2 nitrogen and oxygen atoms in total. The molecule has 1 aliphatic rings. The molecule has 20 heavy (non-hydrogen) atoms. The number of fused-ring (bicyclic) bond motifs is 1. The molecule has 1 atom stereocenters. The summed E-state index contributed by atoms with van der Waals surface area (Å²) >= 11 is 6.23. The molecule has 3 heteroatoms. The summed E-state index contributed by atoms with van der Waals surface area (Å²) in [5.41, 5.74) is 3.97. The molecule has 1 amide bonds. The van der Waals surface area contributed by atoms with Crippen molar-refractivity contribution in [2.24, 2.45) is 0 Å². The largest absolute Gasteiger partial charge is 0.313 e. The maximum Gasteiger partial charge on any atom is 0.248 e. The number of rotatable bonds is 1. The first-order valence-corrected chi connectivity index (χ1v) is 6.90. The average Bonchev–Trinajstić information content (AvgIpc) is 2.60. The highest BCUT2D eigenvalue weighted by atomic mass is 35.5. The minimum atomic E-state index is -0.650. The lowest BCUT2D eigenvalue weighted by Gasteiger charge is -2.19. The smallest absolute Gasteiger partial charge is 0.248 e. The Morgan fingerprint density at radius 2 is 1.65 bits per heavy atom. The Bertz CT molecular complexity index is 678. The first-order chi connectivity index (χ1) is 9.68. The summed E-state index contributed by atoms with van der Waals surface area (Å²) in [6.45, 7) is 0. The van der Waals surface area contributed by atoms with E-state index >= 15 is 0 Å². The number of halogens is 1. The number of nitrogens with zero attached hydrogens (tertiary/aromatic N) is 1. The molecular weight excluding hydrogens is 270 g/mol. The van der Waals surface area contributed by atoms with Gasteiger partial charge in [-0.15, -0.1) is 11.6 Å². The molecule has 0 spiro atoms. The van der Waals surface area contributed by atoms with E-state index in [-0.39, 0.29) is 5.91 Å². The van der Waals surface area contributed by atoms with E-state index in [0.717, 1.165) is 22.4 Å². The number of carbonyl (C=O) groups is 1. The Balaban J connectivity index is 2.24. The van der Waals surface area contributed by atoms with Crippen LogP contribution < -0.4 is 4.90 Å². The summed E-state index contributed by atoms with van der Waals surface area (Å²) in [5.74, 6) is -0.106. The standard InChI is InChI=1S/C17H14ClNO/c1-19-16-10-6-5-9-13(16)14(11-15(18)17(19)20)12-7-3-2-4-8-12/h2-11,15H,1H3. The molecule has 1 aliphatic heterocycles. The van der Waals surface area contributed by atoms with Crippen LogP contribution in [-0.4, -0.2) is 18.3 Å². The van der Waals surface area contributed by atoms with Crippen LogP contribution >= 0.6 is 11.6 Å². The molecule has 2 aromatic rings. The maximum atomic E-state index is 12.2. The predicted molar refractivity (Wildman–Crippen MR) is 83.0 cm³/mol. The van der Waals surface area contributed by atoms with Crippen molar-refractivity contribution in [2.45, 2.75) is 5.38 Å². The Morgan fingerprint density at radius 3 is 2.40 bits per heavy atom. The van der Waals surface area contributed by atoms with Crippen LogP contribution in [0.3, 0.4) is 0 Å². The van der Waals surface area contributed by atoms with E-state index in [1.165, 1.54) is 0 Å². The molecule has 0 aliphatic carbocycles. The van der Waals surface area contributed by atoms with E-state index in [1.807, 2.05) is 60.7 Å². The molecule has 0 bridgehead atoms. The van der Waals surface area contributed by atoms with Crippen molar-refractivity contribution < 1.29 is 4.79 Å². The summed E-state index contributed by atoms with van der Waals surface area (Å²) < 4.78 is 0. The minimum absolute atomic E-state index is 0.106. The predicted octanol–water partition coefficient (Wildman–Crippen LogP) is 3.70. The van der Waals surface area contributed by atoms with Gasteiger partial charge in [0.15, 0.2) is 0 Å². The third kappa shape index (κ3) is 2.12. The second-order valence-corrected chi connectivity index (χ2v) is 5.23. The van der Waals surface area contributed by atoms with E-state index < -0.39 is 5.38 Å². The van der Waals surface area contributed by atoms with Gasteiger partial charge in [-0.2, -0.15) is 0 Å². The zero-order valence-electron chi connectivity index (χ0n) is 11.1. The van der Waals surface area contributed by atoms with Gasteiger partial charge in [0.25, 0.3) is 0 Å². The molecule has 1 unspecified atom stereocenters. The molecule has 0 fully saturated rings. The van der Waals surface area contributed by atoms with Crippen molar-refractivity contribution in [3.8, 4) is 0 Å². The lowest BCUT2D eigenvalue weighted by molar-refractivity contribution is -0.117. The zero-order chi connectivity index (χ0) is 14.1. The van der Waals surface area contributed by atoms with Crippen LogP contribution in [0.15, 0.2) is 60.7 Å². The maximum absolute atomic E-state index is 12.2. The molecule has 100 valence electrons. The quantitative estimate of drug-likeness (QED) is 0.731. The summed E-state index contributed by atoms with van der Waals surface area (Å²) in [6.07, 6.45) is 1.83. The summed E-state index contributed by atoms with van der Waals surface area (Å²) in [6, 6.07) is 17.9. The van der Waals surface area contributed by atoms with Gasteiger partial charge >= 0.3 is 0 Å². The van der Waals surface area contributed by atoms with Crippen molar-refractivity contribution in [3.63, 3.8) is 0 Å². The van der Waals surface area contributed by atoms with Gasteiger partial charge in [0.1, 0.15) is 5.38 Å². The molecule has 0 saturated carbocycles. The van der Waals surface area contributed by atoms with Crippen LogP contribution in [0.2, 0.25) is 0 Å². The fraction of sp³-hybridized carbons (Fsp3) is 0.118. The number of amides is 1. The molecule has 1 heterocycles. The summed E-state index contributed by atoms with van der Waals surface area (Å²) in [5, 5.41) is -0.650. The summed E-state index contributed by atoms with van der Waals surface area (Å²) in [4.78, 5) is 13.9. The number of para-hydroxylation sites is 1. The number of hydrogen-bond acceptors (Lipinski definition) is 1. The number of alkyl halides is 1. The van der Waals surface area contributed by atoms with Gasteiger partial charge in [-0.05, 0) is 23.3 Å². The van der Waals surface area contributed by atoms with Gasteiger partial charge in [-0.3, -0.25) is 4.79 Å². The Kier molecular flexibility index (Phi) is 3.33. The molecule has 0 saturated heterocycles. The van der Waals surface area contributed by atoms with Crippen LogP contribution in [0.4, 0.5) is 5.69 Å². The van der Waals surface area contributed by atoms with Crippen molar-refractivity contribution in [3.05, 3.63) is 71.8 Å². The molecular formula is C17H14ClNO. The highest BCUT2D eigenvalue weighted by molar-refractivity contribution is 6.35. The van der Waals surface area contributed by atoms with Gasteiger partial charge in [-0.1, -0.05) is 48.5 Å². The Hall–Kier alpha value is -2.06. The number of benzene rings is 2. The van der Waals surface area contributed by atoms with E-state index in [2.05, 4.69) is 0 Å². The van der Waals surface area contributed by atoms with Gasteiger partial charge in [0.2, 0.25) is 5.91 Å². The van der Waals surface area contributed by atoms with Crippen molar-refractivity contribution >= 4 is 28.8 Å². The summed E-state index contributed by atoms with van der Waals surface area (Å²) in [7, 11) is 1.76. The van der Waals surface area contributed by atoms with Crippen LogP contribution in [0.1, 0.15) is 11.1 Å². The Labute approximate surface area is 123 Å². The third-order valence-corrected chi connectivity index (χ3v) is 3.83. The topological polar surface area (TPSA) is 20.3 Å². The van der Waals surface area contributed by atoms with Gasteiger partial charge in [-0.25, -0.2) is 0 Å².